The molecule has 0 aromatic heterocycles. The van der Waals surface area contributed by atoms with E-state index in [0.717, 1.165) is 9.26 Å². The zero-order valence-corrected chi connectivity index (χ0v) is 12.3. The average molecular weight is 372 g/mol. The molecule has 2 nitrogen and oxygen atoms in total. The number of hydrogen-bond acceptors (Lipinski definition) is 1. The first kappa shape index (κ1) is 13.2. The summed E-state index contributed by atoms with van der Waals surface area (Å²) in [6, 6.07) is 14.0. The maximum absolute atomic E-state index is 13.0. The fourth-order valence-electron chi connectivity index (χ4n) is 1.39. The molecule has 0 heterocycles. The van der Waals surface area contributed by atoms with Gasteiger partial charge in [0.25, 0.3) is 0 Å². The largest absolute Gasteiger partial charge is 0.332 e. The molecule has 2 aromatic carbocycles. The Kier molecular flexibility index (Phi) is 4.48. The maximum atomic E-state index is 13.0. The number of hydrogen-bond donors (Lipinski definition) is 2. The van der Waals surface area contributed by atoms with Gasteiger partial charge in [-0.2, -0.15) is 0 Å². The topological polar surface area (TPSA) is 24.1 Å². The molecule has 0 fully saturated rings. The third-order valence-electron chi connectivity index (χ3n) is 2.18. The molecule has 0 atom stereocenters. The van der Waals surface area contributed by atoms with E-state index in [2.05, 4.69) is 33.2 Å². The van der Waals surface area contributed by atoms with E-state index in [1.165, 1.54) is 12.1 Å². The first-order chi connectivity index (χ1) is 8.63. The van der Waals surface area contributed by atoms with Gasteiger partial charge in [0.2, 0.25) is 0 Å². The molecule has 0 aliphatic rings. The van der Waals surface area contributed by atoms with Crippen LogP contribution in [0.15, 0.2) is 48.5 Å². The van der Waals surface area contributed by atoms with E-state index in [9.17, 15) is 4.39 Å². The Hall–Kier alpha value is -1.21. The second kappa shape index (κ2) is 6.10. The van der Waals surface area contributed by atoms with Crippen molar-refractivity contribution in [1.29, 1.82) is 0 Å². The highest BCUT2D eigenvalue weighted by atomic mass is 127. The molecular formula is C13H10FIN2S. The number of benzene rings is 2. The number of halogens is 2. The van der Waals surface area contributed by atoms with Crippen LogP contribution in [0.2, 0.25) is 0 Å². The number of rotatable bonds is 2. The first-order valence-electron chi connectivity index (χ1n) is 5.22. The van der Waals surface area contributed by atoms with Crippen molar-refractivity contribution in [3.8, 4) is 0 Å². The van der Waals surface area contributed by atoms with Gasteiger partial charge in [-0.05, 0) is 77.3 Å². The van der Waals surface area contributed by atoms with Crippen LogP contribution < -0.4 is 10.6 Å². The lowest BCUT2D eigenvalue weighted by Crippen LogP contribution is -2.19. The molecule has 0 bridgehead atoms. The SMILES string of the molecule is Fc1cccc(NC(=S)Nc2ccc(I)cc2)c1. The fourth-order valence-corrected chi connectivity index (χ4v) is 1.99. The van der Waals surface area contributed by atoms with E-state index >= 15 is 0 Å². The highest BCUT2D eigenvalue weighted by molar-refractivity contribution is 14.1. The van der Waals surface area contributed by atoms with E-state index < -0.39 is 0 Å². The summed E-state index contributed by atoms with van der Waals surface area (Å²) >= 11 is 7.38. The van der Waals surface area contributed by atoms with Crippen molar-refractivity contribution in [3.63, 3.8) is 0 Å². The second-order valence-electron chi connectivity index (χ2n) is 3.60. The molecule has 92 valence electrons. The minimum atomic E-state index is -0.294. The molecule has 0 spiro atoms. The summed E-state index contributed by atoms with van der Waals surface area (Å²) < 4.78 is 14.1. The minimum Gasteiger partial charge on any atom is -0.332 e. The van der Waals surface area contributed by atoms with Crippen LogP contribution in [0, 0.1) is 9.39 Å². The average Bonchev–Trinajstić information content (AvgIpc) is 2.32. The van der Waals surface area contributed by atoms with Gasteiger partial charge in [-0.15, -0.1) is 0 Å². The predicted molar refractivity (Wildman–Crippen MR) is 85.4 cm³/mol. The van der Waals surface area contributed by atoms with Crippen LogP contribution in [0.4, 0.5) is 15.8 Å². The molecule has 2 N–H and O–H groups in total. The molecule has 0 amide bonds. The number of nitrogens with one attached hydrogen (secondary N) is 2. The van der Waals surface area contributed by atoms with Crippen molar-refractivity contribution in [1.82, 2.24) is 0 Å². The number of thiocarbonyl (C=S) groups is 1. The molecule has 0 radical (unpaired) electrons. The van der Waals surface area contributed by atoms with Gasteiger partial charge < -0.3 is 10.6 Å². The summed E-state index contributed by atoms with van der Waals surface area (Å²) in [7, 11) is 0. The van der Waals surface area contributed by atoms with Gasteiger partial charge in [-0.3, -0.25) is 0 Å². The zero-order chi connectivity index (χ0) is 13.0. The van der Waals surface area contributed by atoms with Gasteiger partial charge in [0.15, 0.2) is 5.11 Å². The van der Waals surface area contributed by atoms with Crippen molar-refractivity contribution in [2.45, 2.75) is 0 Å². The van der Waals surface area contributed by atoms with E-state index in [1.807, 2.05) is 24.3 Å². The van der Waals surface area contributed by atoms with Crippen molar-refractivity contribution in [2.24, 2.45) is 0 Å². The summed E-state index contributed by atoms with van der Waals surface area (Å²) in [5, 5.41) is 6.39. The predicted octanol–water partition coefficient (Wildman–Crippen LogP) is 4.24. The smallest absolute Gasteiger partial charge is 0.175 e. The van der Waals surface area contributed by atoms with Crippen molar-refractivity contribution in [3.05, 3.63) is 57.9 Å². The van der Waals surface area contributed by atoms with Gasteiger partial charge in [-0.25, -0.2) is 4.39 Å². The molecule has 0 saturated heterocycles. The molecule has 0 aliphatic carbocycles. The monoisotopic (exact) mass is 372 g/mol. The lowest BCUT2D eigenvalue weighted by atomic mass is 10.3. The molecule has 18 heavy (non-hydrogen) atoms. The second-order valence-corrected chi connectivity index (χ2v) is 5.25. The maximum Gasteiger partial charge on any atom is 0.175 e. The van der Waals surface area contributed by atoms with Gasteiger partial charge >= 0.3 is 0 Å². The standard InChI is InChI=1S/C13H10FIN2S/c14-9-2-1-3-12(8-9)17-13(18)16-11-6-4-10(15)5-7-11/h1-8H,(H2,16,17,18). The lowest BCUT2D eigenvalue weighted by Gasteiger charge is -2.10. The molecule has 0 unspecified atom stereocenters. The summed E-state index contributed by atoms with van der Waals surface area (Å²) in [4.78, 5) is 0. The van der Waals surface area contributed by atoms with Crippen molar-refractivity contribution >= 4 is 51.3 Å². The Bertz CT molecular complexity index is 557. The molecule has 2 rings (SSSR count). The fraction of sp³-hybridized carbons (Fsp3) is 0. The van der Waals surface area contributed by atoms with Crippen molar-refractivity contribution in [2.75, 3.05) is 10.6 Å². The third kappa shape index (κ3) is 3.92. The molecule has 2 aromatic rings. The normalized spacial score (nSPS) is 9.89. The van der Waals surface area contributed by atoms with Crippen LogP contribution in [0.25, 0.3) is 0 Å². The van der Waals surface area contributed by atoms with Gasteiger partial charge in [0, 0.05) is 14.9 Å². The molecule has 0 aliphatic heterocycles. The van der Waals surface area contributed by atoms with Gasteiger partial charge in [-0.1, -0.05) is 6.07 Å². The van der Waals surface area contributed by atoms with Gasteiger partial charge in [0.05, 0.1) is 0 Å². The summed E-state index contributed by atoms with van der Waals surface area (Å²) in [5.41, 5.74) is 1.52. The summed E-state index contributed by atoms with van der Waals surface area (Å²) in [6.45, 7) is 0. The third-order valence-corrected chi connectivity index (χ3v) is 3.11. The lowest BCUT2D eigenvalue weighted by molar-refractivity contribution is 0.628. The van der Waals surface area contributed by atoms with Crippen LogP contribution in [0.3, 0.4) is 0 Å². The van der Waals surface area contributed by atoms with Crippen LogP contribution in [-0.2, 0) is 0 Å². The first-order valence-corrected chi connectivity index (χ1v) is 6.71. The Morgan fingerprint density at radius 3 is 2.33 bits per heavy atom. The Labute approximate surface area is 124 Å². The van der Waals surface area contributed by atoms with E-state index in [4.69, 9.17) is 12.2 Å². The van der Waals surface area contributed by atoms with E-state index in [0.29, 0.717) is 10.8 Å². The van der Waals surface area contributed by atoms with E-state index in [-0.39, 0.29) is 5.82 Å². The molecule has 5 heteroatoms. The minimum absolute atomic E-state index is 0.294. The van der Waals surface area contributed by atoms with Crippen LogP contribution >= 0.6 is 34.8 Å². The van der Waals surface area contributed by atoms with Crippen LogP contribution in [-0.4, -0.2) is 5.11 Å². The Morgan fingerprint density at radius 2 is 1.67 bits per heavy atom. The summed E-state index contributed by atoms with van der Waals surface area (Å²) in [6.07, 6.45) is 0. The summed E-state index contributed by atoms with van der Waals surface area (Å²) in [5.74, 6) is -0.294. The number of anilines is 2. The zero-order valence-electron chi connectivity index (χ0n) is 9.28. The highest BCUT2D eigenvalue weighted by Gasteiger charge is 1.99. The quantitative estimate of drug-likeness (QED) is 0.609. The van der Waals surface area contributed by atoms with Gasteiger partial charge in [0.1, 0.15) is 5.82 Å². The molecule has 0 saturated carbocycles. The van der Waals surface area contributed by atoms with Crippen molar-refractivity contribution < 1.29 is 4.39 Å². The van der Waals surface area contributed by atoms with Crippen LogP contribution in [0.1, 0.15) is 0 Å². The Morgan fingerprint density at radius 1 is 1.00 bits per heavy atom. The van der Waals surface area contributed by atoms with Crippen LogP contribution in [0.5, 0.6) is 0 Å². The Balaban J connectivity index is 1.98. The highest BCUT2D eigenvalue weighted by Crippen LogP contribution is 2.13. The van der Waals surface area contributed by atoms with E-state index in [1.54, 1.807) is 12.1 Å². The molecular weight excluding hydrogens is 362 g/mol.